The number of thiophene rings is 1. The lowest BCUT2D eigenvalue weighted by Crippen LogP contribution is -2.59. The molecule has 0 N–H and O–H groups in total. The average Bonchev–Trinajstić information content (AvgIpc) is 2.79. The Morgan fingerprint density at radius 2 is 2.28 bits per heavy atom. The largest absolute Gasteiger partial charge is 0.468 e. The maximum atomic E-state index is 12.3. The summed E-state index contributed by atoms with van der Waals surface area (Å²) in [6.07, 6.45) is 0. The predicted octanol–water partition coefficient (Wildman–Crippen LogP) is 0.896. The summed E-state index contributed by atoms with van der Waals surface area (Å²) < 4.78 is 9.72. The molecule has 0 unspecified atom stereocenters. The van der Waals surface area contributed by atoms with Crippen LogP contribution in [0.3, 0.4) is 0 Å². The molecular formula is C12H15NO4S. The zero-order valence-corrected chi connectivity index (χ0v) is 11.2. The molecule has 1 aliphatic rings. The molecule has 1 aliphatic heterocycles. The fourth-order valence-electron chi connectivity index (χ4n) is 1.90. The Balaban J connectivity index is 2.07. The standard InChI is InChI=1S/C12H15NO4S/c1-13(6-9-4-3-5-18-9)10(14)12(7-17-8-12)11(15)16-2/h3-5H,6-8H2,1-2H3. The van der Waals surface area contributed by atoms with Crippen LogP contribution in [-0.4, -0.2) is 44.1 Å². The van der Waals surface area contributed by atoms with Gasteiger partial charge in [0.25, 0.3) is 0 Å². The maximum Gasteiger partial charge on any atom is 0.326 e. The number of methoxy groups -OCH3 is 1. The summed E-state index contributed by atoms with van der Waals surface area (Å²) in [6, 6.07) is 3.89. The summed E-state index contributed by atoms with van der Waals surface area (Å²) in [7, 11) is 2.97. The Kier molecular flexibility index (Phi) is 3.68. The number of rotatable bonds is 4. The van der Waals surface area contributed by atoms with Crippen LogP contribution < -0.4 is 0 Å². The molecular weight excluding hydrogens is 254 g/mol. The predicted molar refractivity (Wildman–Crippen MR) is 66.1 cm³/mol. The second kappa shape index (κ2) is 5.07. The van der Waals surface area contributed by atoms with Crippen molar-refractivity contribution in [3.05, 3.63) is 22.4 Å². The molecule has 1 aromatic rings. The van der Waals surface area contributed by atoms with Crippen molar-refractivity contribution < 1.29 is 19.1 Å². The molecule has 0 atom stereocenters. The average molecular weight is 269 g/mol. The molecule has 0 radical (unpaired) electrons. The van der Waals surface area contributed by atoms with Crippen molar-refractivity contribution >= 4 is 23.2 Å². The van der Waals surface area contributed by atoms with E-state index < -0.39 is 11.4 Å². The van der Waals surface area contributed by atoms with Gasteiger partial charge in [-0.2, -0.15) is 0 Å². The minimum absolute atomic E-state index is 0.104. The molecule has 0 saturated carbocycles. The van der Waals surface area contributed by atoms with E-state index in [2.05, 4.69) is 0 Å². The lowest BCUT2D eigenvalue weighted by Gasteiger charge is -2.39. The number of ether oxygens (including phenoxy) is 2. The molecule has 0 aliphatic carbocycles. The second-order valence-corrected chi connectivity index (χ2v) is 5.34. The molecule has 1 fully saturated rings. The summed E-state index contributed by atoms with van der Waals surface area (Å²) in [6.45, 7) is 0.704. The lowest BCUT2D eigenvalue weighted by atomic mass is 9.84. The number of hydrogen-bond acceptors (Lipinski definition) is 5. The van der Waals surface area contributed by atoms with Crippen LogP contribution in [-0.2, 0) is 25.6 Å². The molecule has 1 aromatic heterocycles. The third-order valence-electron chi connectivity index (χ3n) is 3.00. The van der Waals surface area contributed by atoms with Crippen molar-refractivity contribution in [3.8, 4) is 0 Å². The first-order valence-corrected chi connectivity index (χ1v) is 6.42. The molecule has 0 bridgehead atoms. The van der Waals surface area contributed by atoms with Gasteiger partial charge in [-0.05, 0) is 11.4 Å². The zero-order chi connectivity index (χ0) is 13.2. The van der Waals surface area contributed by atoms with E-state index in [9.17, 15) is 9.59 Å². The van der Waals surface area contributed by atoms with Crippen LogP contribution in [0.15, 0.2) is 17.5 Å². The van der Waals surface area contributed by atoms with Crippen LogP contribution in [0.5, 0.6) is 0 Å². The SMILES string of the molecule is COC(=O)C1(C(=O)N(C)Cc2cccs2)COC1. The van der Waals surface area contributed by atoms with Gasteiger partial charge < -0.3 is 14.4 Å². The number of hydrogen-bond donors (Lipinski definition) is 0. The van der Waals surface area contributed by atoms with Gasteiger partial charge in [-0.1, -0.05) is 6.07 Å². The highest BCUT2D eigenvalue weighted by atomic mass is 32.1. The Hall–Kier alpha value is -1.40. The minimum atomic E-state index is -1.14. The van der Waals surface area contributed by atoms with E-state index in [0.29, 0.717) is 6.54 Å². The Bertz CT molecular complexity index is 439. The normalized spacial score (nSPS) is 16.8. The molecule has 6 heteroatoms. The third-order valence-corrected chi connectivity index (χ3v) is 3.86. The fraction of sp³-hybridized carbons (Fsp3) is 0.500. The van der Waals surface area contributed by atoms with E-state index in [4.69, 9.17) is 9.47 Å². The molecule has 1 saturated heterocycles. The topological polar surface area (TPSA) is 55.8 Å². The van der Waals surface area contributed by atoms with E-state index in [0.717, 1.165) is 4.88 Å². The van der Waals surface area contributed by atoms with Crippen molar-refractivity contribution in [2.24, 2.45) is 5.41 Å². The van der Waals surface area contributed by atoms with Gasteiger partial charge in [-0.25, -0.2) is 0 Å². The Morgan fingerprint density at radius 3 is 2.72 bits per heavy atom. The summed E-state index contributed by atoms with van der Waals surface area (Å²) in [4.78, 5) is 26.7. The van der Waals surface area contributed by atoms with Crippen LogP contribution >= 0.6 is 11.3 Å². The van der Waals surface area contributed by atoms with Crippen LogP contribution in [0.25, 0.3) is 0 Å². The number of esters is 1. The van der Waals surface area contributed by atoms with E-state index in [1.54, 1.807) is 23.3 Å². The van der Waals surface area contributed by atoms with Crippen LogP contribution in [0.4, 0.5) is 0 Å². The molecule has 18 heavy (non-hydrogen) atoms. The van der Waals surface area contributed by atoms with Crippen LogP contribution in [0, 0.1) is 5.41 Å². The molecule has 0 aromatic carbocycles. The van der Waals surface area contributed by atoms with Gasteiger partial charge in [0, 0.05) is 11.9 Å². The number of carbonyl (C=O) groups is 2. The van der Waals surface area contributed by atoms with E-state index >= 15 is 0 Å². The molecule has 2 heterocycles. The lowest BCUT2D eigenvalue weighted by molar-refractivity contribution is -0.193. The van der Waals surface area contributed by atoms with Gasteiger partial charge in [0.15, 0.2) is 5.41 Å². The highest BCUT2D eigenvalue weighted by molar-refractivity contribution is 7.09. The molecule has 0 spiro atoms. The smallest absolute Gasteiger partial charge is 0.326 e. The maximum absolute atomic E-state index is 12.3. The second-order valence-electron chi connectivity index (χ2n) is 4.31. The third kappa shape index (κ3) is 2.13. The Labute approximate surface area is 109 Å². The minimum Gasteiger partial charge on any atom is -0.468 e. The number of amides is 1. The first kappa shape index (κ1) is 13.0. The van der Waals surface area contributed by atoms with Gasteiger partial charge in [0.1, 0.15) is 0 Å². The van der Waals surface area contributed by atoms with Gasteiger partial charge in [-0.3, -0.25) is 9.59 Å². The zero-order valence-electron chi connectivity index (χ0n) is 10.3. The van der Waals surface area contributed by atoms with Crippen LogP contribution in [0.1, 0.15) is 4.88 Å². The number of carbonyl (C=O) groups excluding carboxylic acids is 2. The molecule has 5 nitrogen and oxygen atoms in total. The summed E-state index contributed by atoms with van der Waals surface area (Å²) in [5, 5.41) is 1.95. The summed E-state index contributed by atoms with van der Waals surface area (Å²) >= 11 is 1.58. The van der Waals surface area contributed by atoms with Crippen molar-refractivity contribution in [1.29, 1.82) is 0 Å². The highest BCUT2D eigenvalue weighted by Crippen LogP contribution is 2.31. The molecule has 98 valence electrons. The van der Waals surface area contributed by atoms with Crippen LogP contribution in [0.2, 0.25) is 0 Å². The summed E-state index contributed by atoms with van der Waals surface area (Å²) in [5.41, 5.74) is -1.14. The molecule has 2 rings (SSSR count). The highest BCUT2D eigenvalue weighted by Gasteiger charge is 2.55. The Morgan fingerprint density at radius 1 is 1.56 bits per heavy atom. The van der Waals surface area contributed by atoms with E-state index in [1.165, 1.54) is 7.11 Å². The van der Waals surface area contributed by atoms with Crippen molar-refractivity contribution in [2.45, 2.75) is 6.54 Å². The summed E-state index contributed by atoms with van der Waals surface area (Å²) in [5.74, 6) is -0.759. The van der Waals surface area contributed by atoms with Gasteiger partial charge >= 0.3 is 5.97 Å². The number of nitrogens with zero attached hydrogens (tertiary/aromatic N) is 1. The van der Waals surface area contributed by atoms with Crippen molar-refractivity contribution in [2.75, 3.05) is 27.4 Å². The van der Waals surface area contributed by atoms with Crippen molar-refractivity contribution in [3.63, 3.8) is 0 Å². The van der Waals surface area contributed by atoms with E-state index in [1.807, 2.05) is 17.5 Å². The van der Waals surface area contributed by atoms with Gasteiger partial charge in [0.05, 0.1) is 26.9 Å². The first-order valence-electron chi connectivity index (χ1n) is 5.54. The van der Waals surface area contributed by atoms with E-state index in [-0.39, 0.29) is 19.1 Å². The molecule has 1 amide bonds. The quantitative estimate of drug-likeness (QED) is 0.602. The fourth-order valence-corrected chi connectivity index (χ4v) is 2.66. The van der Waals surface area contributed by atoms with Crippen molar-refractivity contribution in [1.82, 2.24) is 4.90 Å². The van der Waals surface area contributed by atoms with Gasteiger partial charge in [-0.15, -0.1) is 11.3 Å². The van der Waals surface area contributed by atoms with Gasteiger partial charge in [0.2, 0.25) is 5.91 Å². The monoisotopic (exact) mass is 269 g/mol. The first-order chi connectivity index (χ1) is 8.60.